The minimum Gasteiger partial charge on any atom is -0.299 e. The third-order valence-corrected chi connectivity index (χ3v) is 3.48. The predicted octanol–water partition coefficient (Wildman–Crippen LogP) is 1.51. The van der Waals surface area contributed by atoms with E-state index >= 15 is 0 Å². The van der Waals surface area contributed by atoms with E-state index in [0.717, 1.165) is 28.9 Å². The van der Waals surface area contributed by atoms with Crippen molar-refractivity contribution < 1.29 is 4.79 Å². The van der Waals surface area contributed by atoms with Crippen LogP contribution in [0.25, 0.3) is 0 Å². The molecule has 0 unspecified atom stereocenters. The van der Waals surface area contributed by atoms with Crippen LogP contribution in [0.1, 0.15) is 28.9 Å². The molecule has 0 N–H and O–H groups in total. The number of hydrogen-bond acceptors (Lipinski definition) is 3. The number of ketones is 1. The third kappa shape index (κ3) is 3.10. The first-order valence-corrected chi connectivity index (χ1v) is 6.45. The Morgan fingerprint density at radius 3 is 2.58 bits per heavy atom. The van der Waals surface area contributed by atoms with Gasteiger partial charge in [0.05, 0.1) is 11.9 Å². The quantitative estimate of drug-likeness (QED) is 0.819. The van der Waals surface area contributed by atoms with Gasteiger partial charge in [0, 0.05) is 44.4 Å². The van der Waals surface area contributed by atoms with Crippen molar-refractivity contribution >= 4 is 5.78 Å². The molecule has 5 heteroatoms. The highest BCUT2D eigenvalue weighted by Gasteiger charge is 2.13. The summed E-state index contributed by atoms with van der Waals surface area (Å²) in [5, 5.41) is 8.44. The minimum absolute atomic E-state index is 0.253. The van der Waals surface area contributed by atoms with E-state index in [1.165, 1.54) is 0 Å². The lowest BCUT2D eigenvalue weighted by atomic mass is 10.0. The summed E-state index contributed by atoms with van der Waals surface area (Å²) in [4.78, 5) is 12.0. The first kappa shape index (κ1) is 13.5. The van der Waals surface area contributed by atoms with Crippen molar-refractivity contribution in [2.45, 2.75) is 33.1 Å². The van der Waals surface area contributed by atoms with Gasteiger partial charge in [-0.2, -0.15) is 10.2 Å². The fourth-order valence-corrected chi connectivity index (χ4v) is 2.24. The standard InChI is InChI=1S/C14H20N4O/c1-10-14(11(2)18(4)16-10)7-13(19)6-5-12-8-15-17(3)9-12/h8-9H,5-7H2,1-4H3. The topological polar surface area (TPSA) is 52.7 Å². The van der Waals surface area contributed by atoms with Gasteiger partial charge >= 0.3 is 0 Å². The normalized spacial score (nSPS) is 10.9. The third-order valence-electron chi connectivity index (χ3n) is 3.48. The average molecular weight is 260 g/mol. The lowest BCUT2D eigenvalue weighted by molar-refractivity contribution is -0.118. The molecule has 2 aromatic rings. The van der Waals surface area contributed by atoms with Gasteiger partial charge in [-0.3, -0.25) is 14.2 Å². The molecular weight excluding hydrogens is 240 g/mol. The average Bonchev–Trinajstić information content (AvgIpc) is 2.86. The van der Waals surface area contributed by atoms with Gasteiger partial charge in [-0.15, -0.1) is 0 Å². The molecule has 0 fully saturated rings. The molecule has 0 atom stereocenters. The minimum atomic E-state index is 0.253. The van der Waals surface area contributed by atoms with Gasteiger partial charge in [-0.25, -0.2) is 0 Å². The Morgan fingerprint density at radius 2 is 2.05 bits per heavy atom. The molecule has 102 valence electrons. The van der Waals surface area contributed by atoms with E-state index in [4.69, 9.17) is 0 Å². The van der Waals surface area contributed by atoms with Gasteiger partial charge in [0.1, 0.15) is 5.78 Å². The van der Waals surface area contributed by atoms with Crippen LogP contribution in [0.4, 0.5) is 0 Å². The SMILES string of the molecule is Cc1nn(C)c(C)c1CC(=O)CCc1cnn(C)c1. The van der Waals surface area contributed by atoms with Crippen LogP contribution in [0.2, 0.25) is 0 Å². The van der Waals surface area contributed by atoms with Crippen molar-refractivity contribution in [3.8, 4) is 0 Å². The van der Waals surface area contributed by atoms with E-state index < -0.39 is 0 Å². The molecule has 0 radical (unpaired) electrons. The molecular formula is C14H20N4O. The number of nitrogens with zero attached hydrogens (tertiary/aromatic N) is 4. The van der Waals surface area contributed by atoms with Crippen molar-refractivity contribution in [2.75, 3.05) is 0 Å². The molecule has 0 spiro atoms. The zero-order chi connectivity index (χ0) is 14.0. The van der Waals surface area contributed by atoms with E-state index in [-0.39, 0.29) is 5.78 Å². The van der Waals surface area contributed by atoms with Gasteiger partial charge < -0.3 is 0 Å². The first-order valence-electron chi connectivity index (χ1n) is 6.45. The van der Waals surface area contributed by atoms with Crippen molar-refractivity contribution in [2.24, 2.45) is 14.1 Å². The van der Waals surface area contributed by atoms with E-state index in [0.29, 0.717) is 12.8 Å². The molecule has 2 heterocycles. The molecule has 19 heavy (non-hydrogen) atoms. The van der Waals surface area contributed by atoms with E-state index in [2.05, 4.69) is 10.2 Å². The molecule has 0 aliphatic heterocycles. The molecule has 0 aliphatic rings. The monoisotopic (exact) mass is 260 g/mol. The summed E-state index contributed by atoms with van der Waals surface area (Å²) in [5.74, 6) is 0.253. The molecule has 0 saturated carbocycles. The lowest BCUT2D eigenvalue weighted by Crippen LogP contribution is -2.06. The van der Waals surface area contributed by atoms with Crippen LogP contribution in [0, 0.1) is 13.8 Å². The molecule has 0 amide bonds. The van der Waals surface area contributed by atoms with Crippen molar-refractivity contribution in [1.82, 2.24) is 19.6 Å². The van der Waals surface area contributed by atoms with E-state index in [1.54, 1.807) is 4.68 Å². The summed E-state index contributed by atoms with van der Waals surface area (Å²) in [5.41, 5.74) is 4.20. The Hall–Kier alpha value is -1.91. The van der Waals surface area contributed by atoms with Gasteiger partial charge in [-0.1, -0.05) is 0 Å². The number of aromatic nitrogens is 4. The fourth-order valence-electron chi connectivity index (χ4n) is 2.24. The van der Waals surface area contributed by atoms with Gasteiger partial charge in [0.2, 0.25) is 0 Å². The maximum atomic E-state index is 12.0. The summed E-state index contributed by atoms with van der Waals surface area (Å²) in [6.45, 7) is 3.96. The van der Waals surface area contributed by atoms with Crippen LogP contribution >= 0.6 is 0 Å². The fraction of sp³-hybridized carbons (Fsp3) is 0.500. The number of aryl methyl sites for hydroxylation is 4. The van der Waals surface area contributed by atoms with Crippen LogP contribution in [-0.2, 0) is 31.7 Å². The maximum absolute atomic E-state index is 12.0. The molecule has 0 aromatic carbocycles. The van der Waals surface area contributed by atoms with Gasteiger partial charge in [-0.05, 0) is 25.8 Å². The van der Waals surface area contributed by atoms with Crippen LogP contribution in [0.5, 0.6) is 0 Å². The summed E-state index contributed by atoms with van der Waals surface area (Å²) in [6, 6.07) is 0. The molecule has 5 nitrogen and oxygen atoms in total. The summed E-state index contributed by atoms with van der Waals surface area (Å²) in [6.07, 6.45) is 5.55. The zero-order valence-corrected chi connectivity index (χ0v) is 12.0. The lowest BCUT2D eigenvalue weighted by Gasteiger charge is -2.01. The van der Waals surface area contributed by atoms with Crippen molar-refractivity contribution in [1.29, 1.82) is 0 Å². The molecule has 0 bridgehead atoms. The highest BCUT2D eigenvalue weighted by Crippen LogP contribution is 2.14. The second-order valence-electron chi connectivity index (χ2n) is 5.01. The highest BCUT2D eigenvalue weighted by atomic mass is 16.1. The molecule has 2 aromatic heterocycles. The Labute approximate surface area is 113 Å². The number of rotatable bonds is 5. The maximum Gasteiger partial charge on any atom is 0.137 e. The predicted molar refractivity (Wildman–Crippen MR) is 72.9 cm³/mol. The zero-order valence-electron chi connectivity index (χ0n) is 12.0. The summed E-state index contributed by atoms with van der Waals surface area (Å²) in [7, 11) is 3.79. The van der Waals surface area contributed by atoms with Crippen LogP contribution < -0.4 is 0 Å². The van der Waals surface area contributed by atoms with Crippen LogP contribution in [-0.4, -0.2) is 25.3 Å². The number of Topliss-reactive ketones (excluding diaryl/α,β-unsaturated/α-hetero) is 1. The summed E-state index contributed by atoms with van der Waals surface area (Å²) >= 11 is 0. The Kier molecular flexibility index (Phi) is 3.83. The van der Waals surface area contributed by atoms with Crippen molar-refractivity contribution in [3.63, 3.8) is 0 Å². The van der Waals surface area contributed by atoms with Crippen LogP contribution in [0.3, 0.4) is 0 Å². The number of carbonyl (C=O) groups excluding carboxylic acids is 1. The number of carbonyl (C=O) groups is 1. The van der Waals surface area contributed by atoms with E-state index in [1.807, 2.05) is 45.0 Å². The highest BCUT2D eigenvalue weighted by molar-refractivity contribution is 5.81. The van der Waals surface area contributed by atoms with Gasteiger partial charge in [0.15, 0.2) is 0 Å². The first-order chi connectivity index (χ1) is 8.97. The summed E-state index contributed by atoms with van der Waals surface area (Å²) < 4.78 is 3.59. The largest absolute Gasteiger partial charge is 0.299 e. The molecule has 2 rings (SSSR count). The smallest absolute Gasteiger partial charge is 0.137 e. The second-order valence-corrected chi connectivity index (χ2v) is 5.01. The number of hydrogen-bond donors (Lipinski definition) is 0. The van der Waals surface area contributed by atoms with E-state index in [9.17, 15) is 4.79 Å². The Morgan fingerprint density at radius 1 is 1.32 bits per heavy atom. The Bertz CT molecular complexity index is 595. The van der Waals surface area contributed by atoms with Crippen molar-refractivity contribution in [3.05, 3.63) is 34.9 Å². The molecule has 0 aliphatic carbocycles. The van der Waals surface area contributed by atoms with Crippen LogP contribution in [0.15, 0.2) is 12.4 Å². The Balaban J connectivity index is 1.94. The second kappa shape index (κ2) is 5.38. The van der Waals surface area contributed by atoms with Gasteiger partial charge in [0.25, 0.3) is 0 Å². The molecule has 0 saturated heterocycles.